The zero-order valence-electron chi connectivity index (χ0n) is 22.5. The second-order valence-corrected chi connectivity index (χ2v) is 11.0. The van der Waals surface area contributed by atoms with Crippen LogP contribution in [0, 0.1) is 0 Å². The first-order valence-corrected chi connectivity index (χ1v) is 14.2. The van der Waals surface area contributed by atoms with Crippen molar-refractivity contribution in [2.45, 2.75) is 25.0 Å². The molecule has 208 valence electrons. The average molecular weight is 581 g/mol. The maximum Gasteiger partial charge on any atom is 0.267 e. The highest BCUT2D eigenvalue weighted by atomic mass is 32.2. The molecule has 0 saturated heterocycles. The van der Waals surface area contributed by atoms with Crippen molar-refractivity contribution >= 4 is 50.8 Å². The standard InChI is InChI=1S/C28H28N4O6S2/c1-16(33)31-12-11-20-23(14-31)40-26-25(20)27(35)32(18-6-8-19(36-2)9-7-18)28(30-26)39-15-24(34)29-17-5-10-21(37-3)22(13-17)38-4/h5-10,13H,11-12,14-15H2,1-4H3,(H,29,34). The van der Waals surface area contributed by atoms with Gasteiger partial charge in [-0.1, -0.05) is 11.8 Å². The van der Waals surface area contributed by atoms with Gasteiger partial charge in [0.1, 0.15) is 10.6 Å². The van der Waals surface area contributed by atoms with Gasteiger partial charge in [0.15, 0.2) is 16.7 Å². The number of carbonyl (C=O) groups excluding carboxylic acids is 2. The van der Waals surface area contributed by atoms with Crippen molar-refractivity contribution in [1.29, 1.82) is 0 Å². The molecule has 0 saturated carbocycles. The summed E-state index contributed by atoms with van der Waals surface area (Å²) in [5.74, 6) is 1.47. The van der Waals surface area contributed by atoms with E-state index < -0.39 is 0 Å². The first-order valence-electron chi connectivity index (χ1n) is 12.4. The number of thiophene rings is 1. The van der Waals surface area contributed by atoms with Crippen LogP contribution in [0.3, 0.4) is 0 Å². The Balaban J connectivity index is 1.49. The molecule has 1 aliphatic rings. The normalized spacial score (nSPS) is 12.7. The van der Waals surface area contributed by atoms with Crippen LogP contribution in [0.5, 0.6) is 17.2 Å². The molecule has 0 unspecified atom stereocenters. The number of fused-ring (bicyclic) bond motifs is 3. The average Bonchev–Trinajstić information content (AvgIpc) is 3.34. The lowest BCUT2D eigenvalue weighted by Crippen LogP contribution is -2.34. The van der Waals surface area contributed by atoms with E-state index in [1.165, 1.54) is 30.2 Å². The Labute approximate surface area is 238 Å². The van der Waals surface area contributed by atoms with Gasteiger partial charge >= 0.3 is 0 Å². The van der Waals surface area contributed by atoms with Crippen LogP contribution in [0.25, 0.3) is 15.9 Å². The topological polar surface area (TPSA) is 112 Å². The van der Waals surface area contributed by atoms with Crippen LogP contribution >= 0.6 is 23.1 Å². The minimum atomic E-state index is -0.268. The van der Waals surface area contributed by atoms with E-state index >= 15 is 0 Å². The monoisotopic (exact) mass is 580 g/mol. The zero-order chi connectivity index (χ0) is 28.4. The molecule has 1 aliphatic heterocycles. The fourth-order valence-corrected chi connectivity index (χ4v) is 6.68. The van der Waals surface area contributed by atoms with Gasteiger partial charge in [0, 0.05) is 30.1 Å². The van der Waals surface area contributed by atoms with E-state index in [9.17, 15) is 14.4 Å². The molecule has 0 atom stereocenters. The van der Waals surface area contributed by atoms with Crippen LogP contribution in [-0.2, 0) is 22.6 Å². The minimum absolute atomic E-state index is 0.00319. The third-order valence-corrected chi connectivity index (χ3v) is 8.67. The number of aromatic nitrogens is 2. The summed E-state index contributed by atoms with van der Waals surface area (Å²) in [5, 5.41) is 3.82. The Morgan fingerprint density at radius 2 is 1.80 bits per heavy atom. The number of methoxy groups -OCH3 is 3. The number of amides is 2. The van der Waals surface area contributed by atoms with E-state index in [1.807, 2.05) is 0 Å². The predicted molar refractivity (Wildman–Crippen MR) is 155 cm³/mol. The van der Waals surface area contributed by atoms with Crippen LogP contribution in [0.15, 0.2) is 52.4 Å². The highest BCUT2D eigenvalue weighted by molar-refractivity contribution is 7.99. The van der Waals surface area contributed by atoms with Crippen LogP contribution in [-0.4, -0.2) is 59.9 Å². The number of nitrogens with zero attached hydrogens (tertiary/aromatic N) is 3. The molecule has 2 aromatic heterocycles. The zero-order valence-corrected chi connectivity index (χ0v) is 24.1. The van der Waals surface area contributed by atoms with Gasteiger partial charge in [-0.2, -0.15) is 0 Å². The third kappa shape index (κ3) is 5.36. The summed E-state index contributed by atoms with van der Waals surface area (Å²) in [6.07, 6.45) is 0.592. The molecule has 40 heavy (non-hydrogen) atoms. The lowest BCUT2D eigenvalue weighted by molar-refractivity contribution is -0.129. The van der Waals surface area contributed by atoms with Gasteiger partial charge < -0.3 is 24.4 Å². The number of ether oxygens (including phenoxy) is 3. The Morgan fingerprint density at radius 1 is 1.05 bits per heavy atom. The van der Waals surface area contributed by atoms with Crippen molar-refractivity contribution in [1.82, 2.24) is 14.5 Å². The molecule has 0 fully saturated rings. The molecule has 4 aromatic rings. The summed E-state index contributed by atoms with van der Waals surface area (Å²) in [6, 6.07) is 12.2. The van der Waals surface area contributed by atoms with Gasteiger partial charge in [-0.25, -0.2) is 4.98 Å². The largest absolute Gasteiger partial charge is 0.497 e. The molecule has 0 radical (unpaired) electrons. The molecular weight excluding hydrogens is 552 g/mol. The van der Waals surface area contributed by atoms with Crippen LogP contribution in [0.1, 0.15) is 17.4 Å². The van der Waals surface area contributed by atoms with E-state index in [1.54, 1.807) is 73.1 Å². The Morgan fingerprint density at radius 3 is 2.48 bits per heavy atom. The number of benzene rings is 2. The number of rotatable bonds is 8. The number of hydrogen-bond acceptors (Lipinski definition) is 9. The lowest BCUT2D eigenvalue weighted by atomic mass is 10.1. The van der Waals surface area contributed by atoms with E-state index in [0.717, 1.165) is 10.4 Å². The van der Waals surface area contributed by atoms with Crippen LogP contribution in [0.4, 0.5) is 5.69 Å². The summed E-state index contributed by atoms with van der Waals surface area (Å²) in [6.45, 7) is 2.57. The lowest BCUT2D eigenvalue weighted by Gasteiger charge is -2.25. The Bertz CT molecular complexity index is 1650. The second kappa shape index (κ2) is 11.6. The second-order valence-electron chi connectivity index (χ2n) is 9.01. The molecule has 2 amide bonds. The van der Waals surface area contributed by atoms with E-state index in [0.29, 0.717) is 63.5 Å². The third-order valence-electron chi connectivity index (χ3n) is 6.62. The fourth-order valence-electron chi connectivity index (χ4n) is 4.59. The maximum absolute atomic E-state index is 14.0. The van der Waals surface area contributed by atoms with Gasteiger partial charge in [-0.3, -0.25) is 19.0 Å². The van der Waals surface area contributed by atoms with E-state index in [2.05, 4.69) is 5.32 Å². The molecule has 5 rings (SSSR count). The van der Waals surface area contributed by atoms with Gasteiger partial charge in [0.2, 0.25) is 11.8 Å². The van der Waals surface area contributed by atoms with Gasteiger partial charge in [-0.15, -0.1) is 11.3 Å². The number of anilines is 1. The molecule has 12 heteroatoms. The molecule has 0 aliphatic carbocycles. The first kappa shape index (κ1) is 27.5. The van der Waals surface area contributed by atoms with Crippen LogP contribution < -0.4 is 25.1 Å². The molecule has 1 N–H and O–H groups in total. The summed E-state index contributed by atoms with van der Waals surface area (Å²) in [4.78, 5) is 47.1. The quantitative estimate of drug-likeness (QED) is 0.245. The molecule has 10 nitrogen and oxygen atoms in total. The molecule has 3 heterocycles. The maximum atomic E-state index is 14.0. The fraction of sp³-hybridized carbons (Fsp3) is 0.286. The van der Waals surface area contributed by atoms with E-state index in [4.69, 9.17) is 19.2 Å². The predicted octanol–water partition coefficient (Wildman–Crippen LogP) is 4.11. The van der Waals surface area contributed by atoms with E-state index in [-0.39, 0.29) is 23.1 Å². The van der Waals surface area contributed by atoms with Crippen molar-refractivity contribution in [3.8, 4) is 22.9 Å². The number of carbonyl (C=O) groups is 2. The minimum Gasteiger partial charge on any atom is -0.497 e. The van der Waals surface area contributed by atoms with Gasteiger partial charge in [0.05, 0.1) is 44.7 Å². The van der Waals surface area contributed by atoms with Crippen LogP contribution in [0.2, 0.25) is 0 Å². The number of nitrogens with one attached hydrogen (secondary N) is 1. The summed E-state index contributed by atoms with van der Waals surface area (Å²) >= 11 is 2.60. The summed E-state index contributed by atoms with van der Waals surface area (Å²) < 4.78 is 17.4. The van der Waals surface area contributed by atoms with Crippen molar-refractivity contribution < 1.29 is 23.8 Å². The number of thioether (sulfide) groups is 1. The van der Waals surface area contributed by atoms with Crippen molar-refractivity contribution in [3.05, 3.63) is 63.3 Å². The highest BCUT2D eigenvalue weighted by Gasteiger charge is 2.27. The Hall–Kier alpha value is -4.03. The van der Waals surface area contributed by atoms with Crippen molar-refractivity contribution in [2.24, 2.45) is 0 Å². The van der Waals surface area contributed by atoms with Gasteiger partial charge in [0.25, 0.3) is 5.56 Å². The molecule has 0 spiro atoms. The van der Waals surface area contributed by atoms with Crippen molar-refractivity contribution in [2.75, 3.05) is 38.9 Å². The molecule has 0 bridgehead atoms. The summed E-state index contributed by atoms with van der Waals surface area (Å²) in [5.41, 5.74) is 1.91. The van der Waals surface area contributed by atoms with Gasteiger partial charge in [-0.05, 0) is 48.4 Å². The first-order chi connectivity index (χ1) is 19.3. The summed E-state index contributed by atoms with van der Waals surface area (Å²) in [7, 11) is 4.65. The highest BCUT2D eigenvalue weighted by Crippen LogP contribution is 2.35. The smallest absolute Gasteiger partial charge is 0.267 e. The van der Waals surface area contributed by atoms with Crippen molar-refractivity contribution in [3.63, 3.8) is 0 Å². The molecular formula is C28H28N4O6S2. The SMILES string of the molecule is COc1ccc(-n2c(SCC(=O)Nc3ccc(OC)c(OC)c3)nc3sc4c(c3c2=O)CCN(C(C)=O)C4)cc1. The number of hydrogen-bond donors (Lipinski definition) is 1. The molecule has 2 aromatic carbocycles. The Kier molecular flexibility index (Phi) is 7.99.